The number of aromatic nitrogens is 4. The molecule has 0 saturated carbocycles. The van der Waals surface area contributed by atoms with Gasteiger partial charge in [-0.15, -0.1) is 0 Å². The number of nitrogens with zero attached hydrogens (tertiary/aromatic N) is 5. The number of anilines is 1. The highest BCUT2D eigenvalue weighted by Crippen LogP contribution is 2.27. The molecule has 0 aliphatic heterocycles. The van der Waals surface area contributed by atoms with Crippen LogP contribution in [0.5, 0.6) is 0 Å². The molecule has 0 fully saturated rings. The van der Waals surface area contributed by atoms with E-state index in [1.807, 2.05) is 6.07 Å². The largest absolute Gasteiger partial charge is 0.288 e. The predicted molar refractivity (Wildman–Crippen MR) is 114 cm³/mol. The molecule has 0 N–H and O–H groups in total. The Morgan fingerprint density at radius 1 is 1.10 bits per heavy atom. The predicted octanol–water partition coefficient (Wildman–Crippen LogP) is 2.81. The van der Waals surface area contributed by atoms with Gasteiger partial charge in [-0.2, -0.15) is 5.10 Å². The van der Waals surface area contributed by atoms with Crippen molar-refractivity contribution in [2.45, 2.75) is 6.92 Å². The molecule has 4 rings (SSSR count). The molecule has 0 aliphatic rings. The van der Waals surface area contributed by atoms with Crippen molar-refractivity contribution in [3.8, 4) is 11.3 Å². The highest BCUT2D eigenvalue weighted by Gasteiger charge is 2.19. The van der Waals surface area contributed by atoms with E-state index < -0.39 is 10.0 Å². The maximum atomic E-state index is 12.9. The van der Waals surface area contributed by atoms with E-state index in [-0.39, 0.29) is 11.5 Å². The third-order valence-electron chi connectivity index (χ3n) is 4.88. The summed E-state index contributed by atoms with van der Waals surface area (Å²) in [5, 5.41) is 4.37. The third-order valence-corrected chi connectivity index (χ3v) is 6.65. The van der Waals surface area contributed by atoms with Gasteiger partial charge in [-0.3, -0.25) is 14.1 Å². The Bertz CT molecular complexity index is 1330. The van der Waals surface area contributed by atoms with Crippen molar-refractivity contribution in [1.82, 2.24) is 19.6 Å². The summed E-state index contributed by atoms with van der Waals surface area (Å²) in [5.41, 5.74) is 3.29. The quantitative estimate of drug-likeness (QED) is 0.444. The molecule has 0 unspecified atom stereocenters. The number of ketones is 1. The molecule has 0 amide bonds. The van der Waals surface area contributed by atoms with Crippen LogP contribution in [0.15, 0.2) is 67.3 Å². The molecule has 152 valence electrons. The normalized spacial score (nSPS) is 11.5. The van der Waals surface area contributed by atoms with Gasteiger partial charge in [0, 0.05) is 36.8 Å². The lowest BCUT2D eigenvalue weighted by Crippen LogP contribution is -2.27. The summed E-state index contributed by atoms with van der Waals surface area (Å²) in [5.74, 6) is -0.188. The van der Waals surface area contributed by atoms with Crippen molar-refractivity contribution in [1.29, 1.82) is 0 Å². The fraction of sp³-hybridized carbons (Fsp3) is 0.143. The highest BCUT2D eigenvalue weighted by molar-refractivity contribution is 7.92. The molecule has 3 heterocycles. The molecule has 0 bridgehead atoms. The van der Waals surface area contributed by atoms with Crippen molar-refractivity contribution in [3.63, 3.8) is 0 Å². The van der Waals surface area contributed by atoms with E-state index in [0.29, 0.717) is 28.2 Å². The van der Waals surface area contributed by atoms with Crippen LogP contribution >= 0.6 is 0 Å². The van der Waals surface area contributed by atoms with Crippen molar-refractivity contribution >= 4 is 27.1 Å². The maximum absolute atomic E-state index is 12.9. The van der Waals surface area contributed by atoms with E-state index in [1.165, 1.54) is 17.5 Å². The average molecular weight is 421 g/mol. The molecule has 0 aliphatic carbocycles. The summed E-state index contributed by atoms with van der Waals surface area (Å²) in [6, 6.07) is 12.2. The number of carbonyl (C=O) groups is 1. The minimum atomic E-state index is -3.38. The highest BCUT2D eigenvalue weighted by atomic mass is 32.2. The molecule has 1 aromatic carbocycles. The lowest BCUT2D eigenvalue weighted by atomic mass is 10.1. The smallest absolute Gasteiger partial charge is 0.234 e. The lowest BCUT2D eigenvalue weighted by Gasteiger charge is -2.19. The van der Waals surface area contributed by atoms with Crippen LogP contribution in [0.3, 0.4) is 0 Å². The number of hydrogen-bond acceptors (Lipinski definition) is 6. The van der Waals surface area contributed by atoms with Gasteiger partial charge in [0.05, 0.1) is 28.9 Å². The molecule has 30 heavy (non-hydrogen) atoms. The second-order valence-electron chi connectivity index (χ2n) is 6.61. The van der Waals surface area contributed by atoms with Gasteiger partial charge in [-0.1, -0.05) is 12.1 Å². The van der Waals surface area contributed by atoms with Gasteiger partial charge in [0.25, 0.3) is 0 Å². The number of pyridine rings is 1. The lowest BCUT2D eigenvalue weighted by molar-refractivity contribution is 0.104. The van der Waals surface area contributed by atoms with Crippen LogP contribution < -0.4 is 4.31 Å². The van der Waals surface area contributed by atoms with Gasteiger partial charge in [-0.25, -0.2) is 17.9 Å². The Kier molecular flexibility index (Phi) is 5.04. The van der Waals surface area contributed by atoms with E-state index in [9.17, 15) is 13.2 Å². The van der Waals surface area contributed by atoms with Gasteiger partial charge in [-0.05, 0) is 37.3 Å². The van der Waals surface area contributed by atoms with Crippen LogP contribution in [-0.4, -0.2) is 46.6 Å². The molecule has 0 spiro atoms. The molecule has 4 aromatic rings. The summed E-state index contributed by atoms with van der Waals surface area (Å²) >= 11 is 0. The molecule has 8 nitrogen and oxygen atoms in total. The van der Waals surface area contributed by atoms with E-state index >= 15 is 0 Å². The Morgan fingerprint density at radius 2 is 1.87 bits per heavy atom. The molecule has 9 heteroatoms. The Balaban J connectivity index is 1.79. The van der Waals surface area contributed by atoms with E-state index in [2.05, 4.69) is 15.1 Å². The minimum absolute atomic E-state index is 0.00681. The van der Waals surface area contributed by atoms with Gasteiger partial charge < -0.3 is 0 Å². The summed E-state index contributed by atoms with van der Waals surface area (Å²) < 4.78 is 27.3. The van der Waals surface area contributed by atoms with E-state index in [4.69, 9.17) is 0 Å². The number of rotatable bonds is 6. The Hall–Kier alpha value is -3.59. The van der Waals surface area contributed by atoms with Crippen molar-refractivity contribution < 1.29 is 13.2 Å². The third kappa shape index (κ3) is 3.43. The summed E-state index contributed by atoms with van der Waals surface area (Å²) in [6.45, 7) is 1.60. The van der Waals surface area contributed by atoms with Crippen LogP contribution in [0.25, 0.3) is 16.9 Å². The van der Waals surface area contributed by atoms with E-state index in [1.54, 1.807) is 66.4 Å². The number of carbonyl (C=O) groups excluding carboxylic acids is 1. The molecule has 0 atom stereocenters. The van der Waals surface area contributed by atoms with Crippen molar-refractivity contribution in [2.75, 3.05) is 17.1 Å². The zero-order chi connectivity index (χ0) is 21.3. The Morgan fingerprint density at radius 3 is 2.60 bits per heavy atom. The maximum Gasteiger partial charge on any atom is 0.234 e. The van der Waals surface area contributed by atoms with Crippen LogP contribution in [-0.2, 0) is 10.0 Å². The molecular weight excluding hydrogens is 402 g/mol. The summed E-state index contributed by atoms with van der Waals surface area (Å²) in [4.78, 5) is 21.1. The first-order valence-electron chi connectivity index (χ1n) is 9.27. The second kappa shape index (κ2) is 7.68. The molecule has 0 saturated heterocycles. The first-order chi connectivity index (χ1) is 14.4. The Labute approximate surface area is 173 Å². The standard InChI is InChI=1S/C21H19N5O3S/c1-3-30(28,29)25(2)17-6-4-5-16(13-17)19-9-12-23-21-18(14-24-26(19)21)20(27)15-7-10-22-11-8-15/h4-14H,3H2,1-2H3. The van der Waals surface area contributed by atoms with E-state index in [0.717, 1.165) is 5.56 Å². The molecule has 3 aromatic heterocycles. The number of benzene rings is 1. The van der Waals surface area contributed by atoms with Gasteiger partial charge in [0.2, 0.25) is 10.0 Å². The van der Waals surface area contributed by atoms with Gasteiger partial charge >= 0.3 is 0 Å². The molecule has 0 radical (unpaired) electrons. The minimum Gasteiger partial charge on any atom is -0.288 e. The number of hydrogen-bond donors (Lipinski definition) is 0. The van der Waals surface area contributed by atoms with Crippen LogP contribution in [0.2, 0.25) is 0 Å². The zero-order valence-electron chi connectivity index (χ0n) is 16.4. The SMILES string of the molecule is CCS(=O)(=O)N(C)c1cccc(-c2ccnc3c(C(=O)c4ccncc4)cnn23)c1. The van der Waals surface area contributed by atoms with Gasteiger partial charge in [0.15, 0.2) is 11.4 Å². The summed E-state index contributed by atoms with van der Waals surface area (Å²) in [7, 11) is -1.85. The summed E-state index contributed by atoms with van der Waals surface area (Å²) in [6.07, 6.45) is 6.22. The van der Waals surface area contributed by atoms with Crippen LogP contribution in [0.1, 0.15) is 22.8 Å². The first kappa shape index (κ1) is 19.7. The number of fused-ring (bicyclic) bond motifs is 1. The van der Waals surface area contributed by atoms with Crippen molar-refractivity contribution in [2.24, 2.45) is 0 Å². The second-order valence-corrected chi connectivity index (χ2v) is 8.90. The first-order valence-corrected chi connectivity index (χ1v) is 10.9. The van der Waals surface area contributed by atoms with Crippen molar-refractivity contribution in [3.05, 3.63) is 78.4 Å². The van der Waals surface area contributed by atoms with Gasteiger partial charge in [0.1, 0.15) is 0 Å². The molecular formula is C21H19N5O3S. The van der Waals surface area contributed by atoms with Crippen LogP contribution in [0.4, 0.5) is 5.69 Å². The fourth-order valence-corrected chi connectivity index (χ4v) is 3.97. The topological polar surface area (TPSA) is 97.5 Å². The monoisotopic (exact) mass is 421 g/mol. The fourth-order valence-electron chi connectivity index (χ4n) is 3.14. The average Bonchev–Trinajstić information content (AvgIpc) is 3.23. The number of sulfonamides is 1. The van der Waals surface area contributed by atoms with Crippen LogP contribution in [0, 0.1) is 0 Å². The zero-order valence-corrected chi connectivity index (χ0v) is 17.2.